The van der Waals surface area contributed by atoms with Crippen molar-refractivity contribution in [2.75, 3.05) is 0 Å². The second kappa shape index (κ2) is 5.87. The maximum atomic E-state index is 8.65. The topological polar surface area (TPSA) is 23.8 Å². The largest absolute Gasteiger partial charge is 0.193 e. The molecule has 2 rings (SSSR count). The van der Waals surface area contributed by atoms with Crippen molar-refractivity contribution in [1.82, 2.24) is 0 Å². The zero-order valence-corrected chi connectivity index (χ0v) is 11.3. The van der Waals surface area contributed by atoms with Crippen molar-refractivity contribution in [2.24, 2.45) is 5.92 Å². The number of benzene rings is 1. The summed E-state index contributed by atoms with van der Waals surface area (Å²) in [5, 5.41) is 8.65. The quantitative estimate of drug-likeness (QED) is 0.673. The molecule has 0 bridgehead atoms. The molecule has 1 aromatic rings. The highest BCUT2D eigenvalue weighted by Crippen LogP contribution is 2.35. The second-order valence-electron chi connectivity index (χ2n) is 5.54. The summed E-state index contributed by atoms with van der Waals surface area (Å²) < 4.78 is 0. The lowest BCUT2D eigenvalue weighted by Gasteiger charge is -2.26. The van der Waals surface area contributed by atoms with Crippen molar-refractivity contribution in [3.05, 3.63) is 41.5 Å². The zero-order chi connectivity index (χ0) is 13.0. The van der Waals surface area contributed by atoms with Crippen LogP contribution in [0.25, 0.3) is 5.57 Å². The highest BCUT2D eigenvalue weighted by molar-refractivity contribution is 5.65. The fourth-order valence-corrected chi connectivity index (χ4v) is 2.79. The highest BCUT2D eigenvalue weighted by atomic mass is 14.2. The lowest BCUT2D eigenvalue weighted by Crippen LogP contribution is -2.10. The molecule has 94 valence electrons. The van der Waals surface area contributed by atoms with Crippen molar-refractivity contribution in [3.8, 4) is 6.07 Å². The van der Waals surface area contributed by atoms with Gasteiger partial charge in [-0.25, -0.2) is 0 Å². The third kappa shape index (κ3) is 3.01. The summed E-state index contributed by atoms with van der Waals surface area (Å²) in [4.78, 5) is 0. The van der Waals surface area contributed by atoms with Crippen LogP contribution in [0.5, 0.6) is 0 Å². The van der Waals surface area contributed by atoms with Gasteiger partial charge in [0.25, 0.3) is 0 Å². The molecule has 0 aromatic heterocycles. The predicted molar refractivity (Wildman–Crippen MR) is 76.1 cm³/mol. The second-order valence-corrected chi connectivity index (χ2v) is 5.54. The summed E-state index contributed by atoms with van der Waals surface area (Å²) >= 11 is 0. The molecule has 0 saturated heterocycles. The Kier molecular flexibility index (Phi) is 4.20. The monoisotopic (exact) mass is 239 g/mol. The maximum absolute atomic E-state index is 8.65. The van der Waals surface area contributed by atoms with E-state index in [0.29, 0.717) is 0 Å². The van der Waals surface area contributed by atoms with Crippen molar-refractivity contribution in [2.45, 2.75) is 45.4 Å². The van der Waals surface area contributed by atoms with E-state index in [2.05, 4.69) is 37.3 Å². The van der Waals surface area contributed by atoms with Gasteiger partial charge < -0.3 is 0 Å². The zero-order valence-electron chi connectivity index (χ0n) is 11.3. The van der Waals surface area contributed by atoms with Crippen molar-refractivity contribution >= 4 is 5.57 Å². The van der Waals surface area contributed by atoms with Gasteiger partial charge in [-0.1, -0.05) is 44.0 Å². The van der Waals surface area contributed by atoms with Crippen molar-refractivity contribution in [3.63, 3.8) is 0 Å². The molecule has 0 spiro atoms. The van der Waals surface area contributed by atoms with Crippen molar-refractivity contribution in [1.29, 1.82) is 5.26 Å². The molecule has 0 N–H and O–H groups in total. The molecule has 18 heavy (non-hydrogen) atoms. The Hall–Kier alpha value is -1.55. The van der Waals surface area contributed by atoms with E-state index in [1.165, 1.54) is 31.2 Å². The highest BCUT2D eigenvalue weighted by Gasteiger charge is 2.19. The van der Waals surface area contributed by atoms with E-state index in [0.717, 1.165) is 23.0 Å². The van der Waals surface area contributed by atoms with Gasteiger partial charge in [0.15, 0.2) is 0 Å². The van der Waals surface area contributed by atoms with Gasteiger partial charge in [-0.15, -0.1) is 0 Å². The van der Waals surface area contributed by atoms with E-state index in [4.69, 9.17) is 5.26 Å². The molecule has 1 aliphatic carbocycles. The first-order chi connectivity index (χ1) is 8.70. The lowest BCUT2D eigenvalue weighted by molar-refractivity contribution is 0.348. The van der Waals surface area contributed by atoms with Gasteiger partial charge in [0.2, 0.25) is 0 Å². The molecule has 1 aliphatic rings. The minimum atomic E-state index is 0.746. The van der Waals surface area contributed by atoms with Crippen molar-refractivity contribution < 1.29 is 0 Å². The molecule has 1 heteroatoms. The Morgan fingerprint density at radius 1 is 1.17 bits per heavy atom. The molecular weight excluding hydrogens is 218 g/mol. The van der Waals surface area contributed by atoms with Crippen LogP contribution in [0.2, 0.25) is 0 Å². The standard InChI is InChI=1S/C17H21N/c1-13-3-5-16(6-4-13)17-9-7-15(8-10-17)14(2)11-12-18/h7-11,13,16H,3-6H2,1-2H3/b14-11+. The first kappa shape index (κ1) is 12.9. The Morgan fingerprint density at radius 2 is 1.78 bits per heavy atom. The van der Waals surface area contributed by atoms with E-state index in [9.17, 15) is 0 Å². The van der Waals surface area contributed by atoms with Crippen LogP contribution < -0.4 is 0 Å². The van der Waals surface area contributed by atoms with Gasteiger partial charge in [0, 0.05) is 6.08 Å². The first-order valence-corrected chi connectivity index (χ1v) is 6.87. The summed E-state index contributed by atoms with van der Waals surface area (Å²) in [6.07, 6.45) is 6.98. The normalized spacial score (nSPS) is 24.6. The fourth-order valence-electron chi connectivity index (χ4n) is 2.79. The number of nitrogens with zero attached hydrogens (tertiary/aromatic N) is 1. The van der Waals surface area contributed by atoms with Gasteiger partial charge in [-0.2, -0.15) is 5.26 Å². The number of nitriles is 1. The Labute approximate surface area is 110 Å². The molecule has 1 fully saturated rings. The molecule has 1 aromatic carbocycles. The minimum Gasteiger partial charge on any atom is -0.193 e. The van der Waals surface area contributed by atoms with Crippen LogP contribution in [0.3, 0.4) is 0 Å². The molecule has 1 nitrogen and oxygen atoms in total. The third-order valence-electron chi connectivity index (χ3n) is 4.13. The molecule has 0 atom stereocenters. The van der Waals surface area contributed by atoms with Crippen LogP contribution in [0, 0.1) is 17.2 Å². The molecule has 0 aliphatic heterocycles. The average Bonchev–Trinajstić information content (AvgIpc) is 2.40. The van der Waals surface area contributed by atoms with E-state index < -0.39 is 0 Å². The molecule has 0 radical (unpaired) electrons. The summed E-state index contributed by atoms with van der Waals surface area (Å²) in [6, 6.07) is 10.9. The Morgan fingerprint density at radius 3 is 2.33 bits per heavy atom. The summed E-state index contributed by atoms with van der Waals surface area (Å²) in [5.41, 5.74) is 3.67. The van der Waals surface area contributed by atoms with Crippen LogP contribution >= 0.6 is 0 Å². The Balaban J connectivity index is 2.09. The van der Waals surface area contributed by atoms with Gasteiger partial charge in [0.1, 0.15) is 0 Å². The smallest absolute Gasteiger partial charge is 0.0915 e. The van der Waals surface area contributed by atoms with Crippen LogP contribution in [-0.2, 0) is 0 Å². The van der Waals surface area contributed by atoms with E-state index in [1.807, 2.05) is 6.92 Å². The molecule has 1 saturated carbocycles. The number of allylic oxidation sites excluding steroid dienone is 2. The fraction of sp³-hybridized carbons (Fsp3) is 0.471. The van der Waals surface area contributed by atoms with Crippen LogP contribution in [-0.4, -0.2) is 0 Å². The van der Waals surface area contributed by atoms with Crippen LogP contribution in [0.4, 0.5) is 0 Å². The van der Waals surface area contributed by atoms with E-state index in [1.54, 1.807) is 6.08 Å². The van der Waals surface area contributed by atoms with Gasteiger partial charge in [-0.3, -0.25) is 0 Å². The summed E-state index contributed by atoms with van der Waals surface area (Å²) in [7, 11) is 0. The molecule has 0 heterocycles. The van der Waals surface area contributed by atoms with E-state index >= 15 is 0 Å². The number of hydrogen-bond donors (Lipinski definition) is 0. The number of rotatable bonds is 2. The molecule has 0 unspecified atom stereocenters. The van der Waals surface area contributed by atoms with Crippen LogP contribution in [0.1, 0.15) is 56.6 Å². The number of hydrogen-bond acceptors (Lipinski definition) is 1. The van der Waals surface area contributed by atoms with E-state index in [-0.39, 0.29) is 0 Å². The Bertz CT molecular complexity index is 453. The minimum absolute atomic E-state index is 0.746. The maximum Gasteiger partial charge on any atom is 0.0915 e. The summed E-state index contributed by atoms with van der Waals surface area (Å²) in [5.74, 6) is 1.65. The summed E-state index contributed by atoms with van der Waals surface area (Å²) in [6.45, 7) is 4.34. The van der Waals surface area contributed by atoms with Crippen LogP contribution in [0.15, 0.2) is 30.3 Å². The molecule has 0 amide bonds. The lowest BCUT2D eigenvalue weighted by atomic mass is 9.79. The average molecular weight is 239 g/mol. The predicted octanol–water partition coefficient (Wildman–Crippen LogP) is 4.91. The SMILES string of the molecule is C/C(=C\C#N)c1ccc(C2CCC(C)CC2)cc1. The first-order valence-electron chi connectivity index (χ1n) is 6.87. The molecular formula is C17H21N. The van der Waals surface area contributed by atoms with Gasteiger partial charge in [0.05, 0.1) is 6.07 Å². The third-order valence-corrected chi connectivity index (χ3v) is 4.13. The van der Waals surface area contributed by atoms with Gasteiger partial charge in [-0.05, 0) is 48.3 Å². The van der Waals surface area contributed by atoms with Gasteiger partial charge >= 0.3 is 0 Å².